The first-order chi connectivity index (χ1) is 8.93. The number of fused-ring (bicyclic) bond motifs is 1. The molecule has 0 radical (unpaired) electrons. The highest BCUT2D eigenvalue weighted by Crippen LogP contribution is 2.31. The molecule has 4 nitrogen and oxygen atoms in total. The molecule has 2 aliphatic rings. The minimum atomic E-state index is 0.175. The molecule has 98 valence electrons. The summed E-state index contributed by atoms with van der Waals surface area (Å²) in [6.45, 7) is 3.72. The molecule has 0 aliphatic carbocycles. The Balaban J connectivity index is 1.60. The van der Waals surface area contributed by atoms with Crippen molar-refractivity contribution in [3.63, 3.8) is 0 Å². The Hall–Kier alpha value is -1.10. The van der Waals surface area contributed by atoms with Crippen molar-refractivity contribution < 1.29 is 14.2 Å². The minimum absolute atomic E-state index is 0.175. The number of ether oxygens (including phenoxy) is 3. The van der Waals surface area contributed by atoms with Crippen LogP contribution in [0.5, 0.6) is 5.75 Å². The van der Waals surface area contributed by atoms with Crippen LogP contribution in [-0.2, 0) is 9.47 Å². The average Bonchev–Trinajstić information content (AvgIpc) is 2.46. The van der Waals surface area contributed by atoms with Crippen molar-refractivity contribution in [1.82, 2.24) is 5.32 Å². The standard InChI is InChI=1S/C14H19NO3/c1-2-4-14-12(3-1)13(5-6-18-14)15-9-11-10-16-7-8-17-11/h1-4,11,13,15H,5-10H2. The Bertz CT molecular complexity index is 390. The van der Waals surface area contributed by atoms with Crippen LogP contribution >= 0.6 is 0 Å². The molecule has 2 heterocycles. The van der Waals surface area contributed by atoms with Gasteiger partial charge in [0, 0.05) is 24.6 Å². The van der Waals surface area contributed by atoms with E-state index in [-0.39, 0.29) is 6.10 Å². The first kappa shape index (κ1) is 12.0. The molecule has 4 heteroatoms. The van der Waals surface area contributed by atoms with Crippen LogP contribution in [0.3, 0.4) is 0 Å². The first-order valence-electron chi connectivity index (χ1n) is 6.58. The van der Waals surface area contributed by atoms with Gasteiger partial charge in [-0.05, 0) is 6.07 Å². The fraction of sp³-hybridized carbons (Fsp3) is 0.571. The van der Waals surface area contributed by atoms with Crippen molar-refractivity contribution in [1.29, 1.82) is 0 Å². The maximum Gasteiger partial charge on any atom is 0.124 e. The van der Waals surface area contributed by atoms with Crippen molar-refractivity contribution in [3.8, 4) is 5.75 Å². The lowest BCUT2D eigenvalue weighted by Crippen LogP contribution is -2.39. The molecular weight excluding hydrogens is 230 g/mol. The number of nitrogens with one attached hydrogen (secondary N) is 1. The topological polar surface area (TPSA) is 39.7 Å². The van der Waals surface area contributed by atoms with Gasteiger partial charge in [-0.1, -0.05) is 18.2 Å². The van der Waals surface area contributed by atoms with Gasteiger partial charge in [-0.3, -0.25) is 0 Å². The molecule has 0 bridgehead atoms. The SMILES string of the molecule is c1ccc2c(c1)OCCC2NCC1COCCO1. The molecular formula is C14H19NO3. The Labute approximate surface area is 107 Å². The van der Waals surface area contributed by atoms with E-state index in [4.69, 9.17) is 14.2 Å². The van der Waals surface area contributed by atoms with Crippen LogP contribution in [0.25, 0.3) is 0 Å². The van der Waals surface area contributed by atoms with Crippen LogP contribution in [0.15, 0.2) is 24.3 Å². The lowest BCUT2D eigenvalue weighted by molar-refractivity contribution is -0.0873. The fourth-order valence-corrected chi connectivity index (χ4v) is 2.48. The van der Waals surface area contributed by atoms with Crippen LogP contribution in [0, 0.1) is 0 Å². The monoisotopic (exact) mass is 249 g/mol. The number of para-hydroxylation sites is 1. The van der Waals surface area contributed by atoms with E-state index in [9.17, 15) is 0 Å². The van der Waals surface area contributed by atoms with Gasteiger partial charge in [0.25, 0.3) is 0 Å². The molecule has 1 N–H and O–H groups in total. The summed E-state index contributed by atoms with van der Waals surface area (Å²) in [5, 5.41) is 3.56. The third kappa shape index (κ3) is 2.66. The zero-order chi connectivity index (χ0) is 12.2. The third-order valence-electron chi connectivity index (χ3n) is 3.44. The summed E-state index contributed by atoms with van der Waals surface area (Å²) in [5.74, 6) is 1.00. The normalized spacial score (nSPS) is 27.3. The maximum absolute atomic E-state index is 5.65. The summed E-state index contributed by atoms with van der Waals surface area (Å²) in [7, 11) is 0. The number of rotatable bonds is 3. The second-order valence-corrected chi connectivity index (χ2v) is 4.70. The summed E-state index contributed by atoms with van der Waals surface area (Å²) in [5.41, 5.74) is 1.25. The molecule has 0 amide bonds. The van der Waals surface area contributed by atoms with Crippen molar-refractivity contribution in [3.05, 3.63) is 29.8 Å². The average molecular weight is 249 g/mol. The van der Waals surface area contributed by atoms with Gasteiger partial charge in [0.2, 0.25) is 0 Å². The molecule has 0 spiro atoms. The molecule has 2 aliphatic heterocycles. The maximum atomic E-state index is 5.65. The van der Waals surface area contributed by atoms with Crippen molar-refractivity contribution in [2.75, 3.05) is 33.0 Å². The molecule has 0 aromatic heterocycles. The van der Waals surface area contributed by atoms with Gasteiger partial charge >= 0.3 is 0 Å². The van der Waals surface area contributed by atoms with Crippen LogP contribution in [0.4, 0.5) is 0 Å². The molecule has 0 saturated carbocycles. The smallest absolute Gasteiger partial charge is 0.124 e. The van der Waals surface area contributed by atoms with E-state index < -0.39 is 0 Å². The lowest BCUT2D eigenvalue weighted by Gasteiger charge is -2.29. The van der Waals surface area contributed by atoms with Gasteiger partial charge in [0.15, 0.2) is 0 Å². The van der Waals surface area contributed by atoms with Crippen molar-refractivity contribution in [2.45, 2.75) is 18.6 Å². The quantitative estimate of drug-likeness (QED) is 0.881. The largest absolute Gasteiger partial charge is 0.493 e. The molecule has 1 aromatic rings. The van der Waals surface area contributed by atoms with E-state index in [2.05, 4.69) is 17.4 Å². The molecule has 1 aromatic carbocycles. The highest BCUT2D eigenvalue weighted by atomic mass is 16.6. The third-order valence-corrected chi connectivity index (χ3v) is 3.44. The zero-order valence-corrected chi connectivity index (χ0v) is 10.4. The molecule has 2 atom stereocenters. The molecule has 2 unspecified atom stereocenters. The van der Waals surface area contributed by atoms with Crippen molar-refractivity contribution in [2.24, 2.45) is 0 Å². The Morgan fingerprint density at radius 1 is 1.17 bits per heavy atom. The molecule has 18 heavy (non-hydrogen) atoms. The number of hydrogen-bond donors (Lipinski definition) is 1. The van der Waals surface area contributed by atoms with Crippen molar-refractivity contribution >= 4 is 0 Å². The predicted octanol–water partition coefficient (Wildman–Crippen LogP) is 1.52. The predicted molar refractivity (Wildman–Crippen MR) is 67.9 cm³/mol. The second kappa shape index (κ2) is 5.69. The van der Waals surface area contributed by atoms with Gasteiger partial charge in [-0.2, -0.15) is 0 Å². The number of hydrogen-bond acceptors (Lipinski definition) is 4. The van der Waals surface area contributed by atoms with E-state index >= 15 is 0 Å². The van der Waals surface area contributed by atoms with Crippen LogP contribution < -0.4 is 10.1 Å². The Morgan fingerprint density at radius 2 is 2.11 bits per heavy atom. The van der Waals surface area contributed by atoms with Crippen LogP contribution in [-0.4, -0.2) is 39.1 Å². The molecule has 3 rings (SSSR count). The Morgan fingerprint density at radius 3 is 3.00 bits per heavy atom. The highest BCUT2D eigenvalue weighted by molar-refractivity contribution is 5.37. The van der Waals surface area contributed by atoms with Gasteiger partial charge in [-0.25, -0.2) is 0 Å². The molecule has 1 fully saturated rings. The molecule has 1 saturated heterocycles. The van der Waals surface area contributed by atoms with E-state index in [1.54, 1.807) is 0 Å². The summed E-state index contributed by atoms with van der Waals surface area (Å²) in [6.07, 6.45) is 1.18. The van der Waals surface area contributed by atoms with Gasteiger partial charge < -0.3 is 19.5 Å². The van der Waals surface area contributed by atoms with Crippen LogP contribution in [0.1, 0.15) is 18.0 Å². The minimum Gasteiger partial charge on any atom is -0.493 e. The highest BCUT2D eigenvalue weighted by Gasteiger charge is 2.22. The van der Waals surface area contributed by atoms with E-state index in [0.29, 0.717) is 19.3 Å². The summed E-state index contributed by atoms with van der Waals surface area (Å²) >= 11 is 0. The van der Waals surface area contributed by atoms with E-state index in [1.807, 2.05) is 12.1 Å². The van der Waals surface area contributed by atoms with E-state index in [1.165, 1.54) is 5.56 Å². The Kier molecular flexibility index (Phi) is 3.78. The van der Waals surface area contributed by atoms with Crippen LogP contribution in [0.2, 0.25) is 0 Å². The summed E-state index contributed by atoms with van der Waals surface area (Å²) < 4.78 is 16.7. The van der Waals surface area contributed by atoms with Gasteiger partial charge in [-0.15, -0.1) is 0 Å². The second-order valence-electron chi connectivity index (χ2n) is 4.70. The lowest BCUT2D eigenvalue weighted by atomic mass is 10.0. The first-order valence-corrected chi connectivity index (χ1v) is 6.58. The zero-order valence-electron chi connectivity index (χ0n) is 10.4. The van der Waals surface area contributed by atoms with E-state index in [0.717, 1.165) is 31.9 Å². The van der Waals surface area contributed by atoms with Gasteiger partial charge in [0.1, 0.15) is 5.75 Å². The number of benzene rings is 1. The summed E-state index contributed by atoms with van der Waals surface area (Å²) in [6, 6.07) is 8.59. The fourth-order valence-electron chi connectivity index (χ4n) is 2.48. The summed E-state index contributed by atoms with van der Waals surface area (Å²) in [4.78, 5) is 0. The van der Waals surface area contributed by atoms with Gasteiger partial charge in [0.05, 0.1) is 32.5 Å².